The molecule has 3 aromatic heterocycles. The van der Waals surface area contributed by atoms with Gasteiger partial charge in [0.2, 0.25) is 0 Å². The third-order valence-electron chi connectivity index (χ3n) is 4.19. The zero-order chi connectivity index (χ0) is 21.0. The zero-order valence-electron chi connectivity index (χ0n) is 16.3. The van der Waals surface area contributed by atoms with Crippen molar-refractivity contribution in [2.75, 3.05) is 11.9 Å². The molecule has 2 atom stereocenters. The van der Waals surface area contributed by atoms with E-state index in [1.165, 1.54) is 11.8 Å². The van der Waals surface area contributed by atoms with Crippen LogP contribution in [0.4, 0.5) is 5.82 Å². The number of nitrogens with zero attached hydrogens (tertiary/aromatic N) is 4. The molecule has 152 valence electrons. The van der Waals surface area contributed by atoms with E-state index in [9.17, 15) is 9.90 Å². The molecule has 0 aliphatic rings. The SMILES string of the molecule is CC(C)CC(CO)Nc1nc(SC(C)c2cc(C#N)ccn2)nc2[nH]c(=O)sc12. The van der Waals surface area contributed by atoms with Gasteiger partial charge in [-0.25, -0.2) is 9.97 Å². The number of aliphatic hydroxyl groups is 1. The van der Waals surface area contributed by atoms with Crippen LogP contribution in [-0.4, -0.2) is 37.7 Å². The van der Waals surface area contributed by atoms with Gasteiger partial charge in [0.25, 0.3) is 0 Å². The molecule has 0 spiro atoms. The summed E-state index contributed by atoms with van der Waals surface area (Å²) in [5, 5.41) is 22.5. The highest BCUT2D eigenvalue weighted by molar-refractivity contribution is 7.99. The van der Waals surface area contributed by atoms with Crippen molar-refractivity contribution in [3.05, 3.63) is 39.3 Å². The lowest BCUT2D eigenvalue weighted by molar-refractivity contribution is 0.259. The fourth-order valence-corrected chi connectivity index (χ4v) is 4.46. The lowest BCUT2D eigenvalue weighted by Gasteiger charge is -2.19. The van der Waals surface area contributed by atoms with Gasteiger partial charge < -0.3 is 10.4 Å². The Bertz CT molecular complexity index is 1090. The molecule has 3 aromatic rings. The first-order chi connectivity index (χ1) is 13.9. The van der Waals surface area contributed by atoms with Gasteiger partial charge >= 0.3 is 4.87 Å². The molecule has 3 heterocycles. The molecule has 0 aliphatic carbocycles. The minimum Gasteiger partial charge on any atom is -0.394 e. The van der Waals surface area contributed by atoms with Crippen molar-refractivity contribution < 1.29 is 5.11 Å². The van der Waals surface area contributed by atoms with Crippen molar-refractivity contribution in [1.82, 2.24) is 19.9 Å². The summed E-state index contributed by atoms with van der Waals surface area (Å²) in [5.74, 6) is 0.931. The number of pyridine rings is 1. The average molecular weight is 431 g/mol. The molecular weight excluding hydrogens is 408 g/mol. The van der Waals surface area contributed by atoms with Crippen LogP contribution in [0.5, 0.6) is 0 Å². The molecule has 10 heteroatoms. The van der Waals surface area contributed by atoms with E-state index in [0.717, 1.165) is 23.5 Å². The van der Waals surface area contributed by atoms with Crippen molar-refractivity contribution in [3.63, 3.8) is 0 Å². The molecule has 2 unspecified atom stereocenters. The van der Waals surface area contributed by atoms with Gasteiger partial charge in [0.15, 0.2) is 16.6 Å². The van der Waals surface area contributed by atoms with E-state index in [2.05, 4.69) is 45.2 Å². The van der Waals surface area contributed by atoms with E-state index in [-0.39, 0.29) is 22.8 Å². The number of hydrogen-bond donors (Lipinski definition) is 3. The Labute approximate surface area is 176 Å². The predicted octanol–water partition coefficient (Wildman–Crippen LogP) is 3.32. The maximum absolute atomic E-state index is 11.9. The number of nitrogens with one attached hydrogen (secondary N) is 2. The fraction of sp³-hybridized carbons (Fsp3) is 0.421. The van der Waals surface area contributed by atoms with E-state index >= 15 is 0 Å². The van der Waals surface area contributed by atoms with Gasteiger partial charge in [0.05, 0.1) is 35.2 Å². The van der Waals surface area contributed by atoms with Crippen LogP contribution in [-0.2, 0) is 0 Å². The van der Waals surface area contributed by atoms with Crippen LogP contribution in [0.1, 0.15) is 43.7 Å². The van der Waals surface area contributed by atoms with Gasteiger partial charge in [-0.2, -0.15) is 5.26 Å². The summed E-state index contributed by atoms with van der Waals surface area (Å²) in [5.41, 5.74) is 1.76. The number of thioether (sulfide) groups is 1. The lowest BCUT2D eigenvalue weighted by atomic mass is 10.0. The lowest BCUT2D eigenvalue weighted by Crippen LogP contribution is -2.26. The summed E-state index contributed by atoms with van der Waals surface area (Å²) in [4.78, 5) is 27.8. The molecule has 0 saturated carbocycles. The summed E-state index contributed by atoms with van der Waals surface area (Å²) >= 11 is 2.43. The van der Waals surface area contributed by atoms with Crippen LogP contribution in [0.3, 0.4) is 0 Å². The van der Waals surface area contributed by atoms with Gasteiger partial charge in [0.1, 0.15) is 4.70 Å². The number of anilines is 1. The first-order valence-corrected chi connectivity index (χ1v) is 10.9. The Morgan fingerprint density at radius 3 is 2.86 bits per heavy atom. The molecule has 8 nitrogen and oxygen atoms in total. The minimum atomic E-state index is -0.208. The fourth-order valence-electron chi connectivity index (χ4n) is 2.88. The molecule has 0 aromatic carbocycles. The number of aromatic amines is 1. The van der Waals surface area contributed by atoms with Crippen LogP contribution in [0, 0.1) is 17.2 Å². The van der Waals surface area contributed by atoms with Gasteiger partial charge in [-0.05, 0) is 31.4 Å². The zero-order valence-corrected chi connectivity index (χ0v) is 18.0. The Balaban J connectivity index is 1.92. The maximum atomic E-state index is 11.9. The Morgan fingerprint density at radius 1 is 1.38 bits per heavy atom. The molecule has 0 bridgehead atoms. The Hall–Kier alpha value is -2.48. The summed E-state index contributed by atoms with van der Waals surface area (Å²) in [6.45, 7) is 6.09. The highest BCUT2D eigenvalue weighted by Gasteiger charge is 2.19. The second-order valence-electron chi connectivity index (χ2n) is 7.04. The minimum absolute atomic E-state index is 0.0350. The third-order valence-corrected chi connectivity index (χ3v) is 6.05. The molecular formula is C19H22N6O2S2. The van der Waals surface area contributed by atoms with E-state index in [0.29, 0.717) is 32.8 Å². The number of H-pyrrole nitrogens is 1. The van der Waals surface area contributed by atoms with E-state index in [1.807, 2.05) is 6.92 Å². The summed E-state index contributed by atoms with van der Waals surface area (Å²) in [6, 6.07) is 5.34. The molecule has 0 radical (unpaired) electrons. The largest absolute Gasteiger partial charge is 0.394 e. The van der Waals surface area contributed by atoms with Gasteiger partial charge in [0, 0.05) is 6.20 Å². The summed E-state index contributed by atoms with van der Waals surface area (Å²) in [7, 11) is 0. The second-order valence-corrected chi connectivity index (χ2v) is 9.33. The summed E-state index contributed by atoms with van der Waals surface area (Å²) < 4.78 is 0.638. The van der Waals surface area contributed by atoms with Crippen LogP contribution in [0.15, 0.2) is 28.3 Å². The quantitative estimate of drug-likeness (QED) is 0.367. The highest BCUT2D eigenvalue weighted by Crippen LogP contribution is 2.34. The van der Waals surface area contributed by atoms with Crippen molar-refractivity contribution >= 4 is 39.3 Å². The van der Waals surface area contributed by atoms with Crippen LogP contribution in [0.2, 0.25) is 0 Å². The molecule has 29 heavy (non-hydrogen) atoms. The molecule has 0 aliphatic heterocycles. The Kier molecular flexibility index (Phi) is 6.84. The van der Waals surface area contributed by atoms with Crippen LogP contribution in [0.25, 0.3) is 10.3 Å². The van der Waals surface area contributed by atoms with Gasteiger partial charge in [-0.3, -0.25) is 14.8 Å². The number of aromatic nitrogens is 4. The predicted molar refractivity (Wildman–Crippen MR) is 115 cm³/mol. The normalized spacial score (nSPS) is 13.4. The van der Waals surface area contributed by atoms with E-state index < -0.39 is 0 Å². The van der Waals surface area contributed by atoms with Gasteiger partial charge in [-0.1, -0.05) is 36.9 Å². The Morgan fingerprint density at radius 2 is 2.17 bits per heavy atom. The number of hydrogen-bond acceptors (Lipinski definition) is 9. The number of rotatable bonds is 8. The standard InChI is InChI=1S/C19H22N6O2S2/c1-10(2)6-13(9-26)22-16-15-17(25-19(27)29-15)24-18(23-16)28-11(3)14-7-12(8-20)4-5-21-14/h4-5,7,10-11,13,26H,6,9H2,1-3H3,(H2,22,23,24,25,27). The molecule has 0 saturated heterocycles. The average Bonchev–Trinajstić information content (AvgIpc) is 3.07. The summed E-state index contributed by atoms with van der Waals surface area (Å²) in [6.07, 6.45) is 2.38. The van der Waals surface area contributed by atoms with Crippen LogP contribution < -0.4 is 10.2 Å². The van der Waals surface area contributed by atoms with Gasteiger partial charge in [-0.15, -0.1) is 0 Å². The van der Waals surface area contributed by atoms with E-state index in [4.69, 9.17) is 5.26 Å². The first kappa shape index (κ1) is 21.2. The van der Waals surface area contributed by atoms with Crippen molar-refractivity contribution in [1.29, 1.82) is 5.26 Å². The molecule has 0 amide bonds. The highest BCUT2D eigenvalue weighted by atomic mass is 32.2. The molecule has 0 fully saturated rings. The number of aliphatic hydroxyl groups excluding tert-OH is 1. The van der Waals surface area contributed by atoms with Crippen LogP contribution >= 0.6 is 23.1 Å². The number of nitriles is 1. The maximum Gasteiger partial charge on any atom is 0.306 e. The smallest absolute Gasteiger partial charge is 0.306 e. The monoisotopic (exact) mass is 430 g/mol. The van der Waals surface area contributed by atoms with E-state index in [1.54, 1.807) is 18.3 Å². The first-order valence-electron chi connectivity index (χ1n) is 9.20. The molecule has 3 N–H and O–H groups in total. The topological polar surface area (TPSA) is 128 Å². The molecule has 3 rings (SSSR count). The second kappa shape index (κ2) is 9.35. The number of thiazole rings is 1. The third kappa shape index (κ3) is 5.32. The van der Waals surface area contributed by atoms with Crippen molar-refractivity contribution in [3.8, 4) is 6.07 Å². The van der Waals surface area contributed by atoms with Crippen molar-refractivity contribution in [2.24, 2.45) is 5.92 Å². The number of fused-ring (bicyclic) bond motifs is 1. The van der Waals surface area contributed by atoms with Crippen molar-refractivity contribution in [2.45, 2.75) is 43.6 Å².